The second kappa shape index (κ2) is 9.08. The molecule has 1 rings (SSSR count). The molecule has 0 heterocycles. The van der Waals surface area contributed by atoms with Crippen LogP contribution < -0.4 is 9.46 Å². The summed E-state index contributed by atoms with van der Waals surface area (Å²) in [6, 6.07) is 5.89. The maximum atomic E-state index is 12.3. The second-order valence-electron chi connectivity index (χ2n) is 6.58. The highest BCUT2D eigenvalue weighted by molar-refractivity contribution is 7.90. The van der Waals surface area contributed by atoms with Gasteiger partial charge in [0.1, 0.15) is 11.4 Å². The molecule has 7 heteroatoms. The Kier molecular flexibility index (Phi) is 7.73. The van der Waals surface area contributed by atoms with Crippen LogP contribution in [-0.2, 0) is 14.8 Å². The van der Waals surface area contributed by atoms with Crippen molar-refractivity contribution in [3.63, 3.8) is 0 Å². The lowest BCUT2D eigenvalue weighted by Crippen LogP contribution is -2.39. The lowest BCUT2D eigenvalue weighted by Gasteiger charge is -2.28. The predicted octanol–water partition coefficient (Wildman–Crippen LogP) is 4.25. The number of benzene rings is 1. The first-order valence-electron chi connectivity index (χ1n) is 8.64. The quantitative estimate of drug-likeness (QED) is 0.702. The summed E-state index contributed by atoms with van der Waals surface area (Å²) < 4.78 is 37.5. The molecule has 0 aliphatic carbocycles. The summed E-state index contributed by atoms with van der Waals surface area (Å²) in [6.45, 7) is 9.57. The Morgan fingerprint density at radius 1 is 1.12 bits per heavy atom. The van der Waals surface area contributed by atoms with E-state index in [-0.39, 0.29) is 11.0 Å². The van der Waals surface area contributed by atoms with Gasteiger partial charge in [-0.25, -0.2) is 17.9 Å². The van der Waals surface area contributed by atoms with Crippen molar-refractivity contribution in [2.45, 2.75) is 76.9 Å². The van der Waals surface area contributed by atoms with Crippen molar-refractivity contribution in [3.05, 3.63) is 24.3 Å². The Morgan fingerprint density at radius 2 is 1.64 bits per heavy atom. The number of carbonyl (C=O) groups excluding carboxylic acids is 1. The lowest BCUT2D eigenvalue weighted by atomic mass is 9.95. The molecule has 142 valence electrons. The number of hydrogen-bond donors (Lipinski definition) is 1. The van der Waals surface area contributed by atoms with Gasteiger partial charge in [-0.1, -0.05) is 26.7 Å². The minimum atomic E-state index is -3.99. The van der Waals surface area contributed by atoms with Gasteiger partial charge in [0.25, 0.3) is 10.0 Å². The molecule has 0 aliphatic rings. The van der Waals surface area contributed by atoms with Crippen LogP contribution in [0.1, 0.15) is 60.3 Å². The predicted molar refractivity (Wildman–Crippen MR) is 97.2 cm³/mol. The lowest BCUT2D eigenvalue weighted by molar-refractivity contribution is 0.0144. The van der Waals surface area contributed by atoms with Crippen LogP contribution in [0.25, 0.3) is 0 Å². The molecule has 25 heavy (non-hydrogen) atoms. The van der Waals surface area contributed by atoms with E-state index in [1.165, 1.54) is 12.1 Å². The van der Waals surface area contributed by atoms with Gasteiger partial charge < -0.3 is 9.47 Å². The van der Waals surface area contributed by atoms with Gasteiger partial charge in [0, 0.05) is 0 Å². The van der Waals surface area contributed by atoms with Gasteiger partial charge in [-0.2, -0.15) is 0 Å². The number of amides is 1. The summed E-state index contributed by atoms with van der Waals surface area (Å²) in [6.07, 6.45) is 2.07. The Hall–Kier alpha value is -1.76. The first kappa shape index (κ1) is 21.3. The average Bonchev–Trinajstić information content (AvgIpc) is 2.46. The van der Waals surface area contributed by atoms with Gasteiger partial charge >= 0.3 is 6.09 Å². The normalized spacial score (nSPS) is 12.1. The third-order valence-corrected chi connectivity index (χ3v) is 4.95. The first-order chi connectivity index (χ1) is 11.6. The molecule has 0 atom stereocenters. The molecule has 0 saturated heterocycles. The fraction of sp³-hybridized carbons (Fsp3) is 0.611. The molecule has 0 aromatic heterocycles. The fourth-order valence-corrected chi connectivity index (χ4v) is 3.54. The monoisotopic (exact) mass is 371 g/mol. The van der Waals surface area contributed by atoms with Gasteiger partial charge in [-0.15, -0.1) is 0 Å². The second-order valence-corrected chi connectivity index (χ2v) is 8.27. The molecule has 1 N–H and O–H groups in total. The van der Waals surface area contributed by atoms with Gasteiger partial charge in [0.15, 0.2) is 0 Å². The van der Waals surface area contributed by atoms with E-state index in [9.17, 15) is 13.2 Å². The van der Waals surface area contributed by atoms with Crippen molar-refractivity contribution < 1.29 is 22.7 Å². The summed E-state index contributed by atoms with van der Waals surface area (Å²) in [5, 5.41) is 0. The van der Waals surface area contributed by atoms with Crippen molar-refractivity contribution in [3.8, 4) is 5.75 Å². The fourth-order valence-electron chi connectivity index (χ4n) is 2.67. The van der Waals surface area contributed by atoms with Crippen LogP contribution in [0, 0.1) is 0 Å². The minimum absolute atomic E-state index is 0.00892. The largest absolute Gasteiger partial charge is 0.491 e. The Balaban J connectivity index is 2.80. The van der Waals surface area contributed by atoms with E-state index in [2.05, 4.69) is 0 Å². The number of carbonyl (C=O) groups is 1. The molecule has 0 spiro atoms. The molecule has 0 radical (unpaired) electrons. The molecular weight excluding hydrogens is 342 g/mol. The summed E-state index contributed by atoms with van der Waals surface area (Å²) in [7, 11) is -3.99. The third-order valence-electron chi connectivity index (χ3n) is 3.62. The maximum absolute atomic E-state index is 12.3. The highest BCUT2D eigenvalue weighted by Crippen LogP contribution is 2.24. The molecule has 0 fully saturated rings. The van der Waals surface area contributed by atoms with Crippen molar-refractivity contribution in [2.24, 2.45) is 0 Å². The molecule has 0 unspecified atom stereocenters. The SMILES string of the molecule is CCCC(C)(CCC)OC(=O)NS(=O)(=O)c1ccc(OC(C)C)cc1. The molecule has 1 aromatic carbocycles. The number of ether oxygens (including phenoxy) is 2. The van der Waals surface area contributed by atoms with E-state index >= 15 is 0 Å². The number of nitrogens with one attached hydrogen (secondary N) is 1. The molecule has 1 amide bonds. The van der Waals surface area contributed by atoms with Gasteiger partial charge in [-0.05, 0) is 57.9 Å². The van der Waals surface area contributed by atoms with E-state index in [1.54, 1.807) is 12.1 Å². The van der Waals surface area contributed by atoms with Crippen LogP contribution in [0.3, 0.4) is 0 Å². The van der Waals surface area contributed by atoms with Crippen LogP contribution in [-0.4, -0.2) is 26.2 Å². The van der Waals surface area contributed by atoms with E-state index in [0.29, 0.717) is 18.6 Å². The number of sulfonamides is 1. The van der Waals surface area contributed by atoms with Crippen molar-refractivity contribution in [1.29, 1.82) is 0 Å². The molecule has 0 bridgehead atoms. The zero-order valence-electron chi connectivity index (χ0n) is 15.7. The maximum Gasteiger partial charge on any atom is 0.421 e. The summed E-state index contributed by atoms with van der Waals surface area (Å²) in [5.41, 5.74) is -0.669. The van der Waals surface area contributed by atoms with E-state index in [4.69, 9.17) is 9.47 Å². The van der Waals surface area contributed by atoms with Gasteiger partial charge in [0.2, 0.25) is 0 Å². The molecular formula is C18H29NO5S. The molecule has 6 nitrogen and oxygen atoms in total. The summed E-state index contributed by atoms with van der Waals surface area (Å²) in [4.78, 5) is 12.1. The van der Waals surface area contributed by atoms with Crippen molar-refractivity contribution >= 4 is 16.1 Å². The molecule has 0 saturated carbocycles. The van der Waals surface area contributed by atoms with Crippen LogP contribution >= 0.6 is 0 Å². The van der Waals surface area contributed by atoms with E-state index < -0.39 is 21.7 Å². The Labute approximate surface area is 151 Å². The minimum Gasteiger partial charge on any atom is -0.491 e. The van der Waals surface area contributed by atoms with Crippen LogP contribution in [0.15, 0.2) is 29.2 Å². The molecule has 0 aliphatic heterocycles. The average molecular weight is 371 g/mol. The number of rotatable bonds is 9. The molecule has 1 aromatic rings. The highest BCUT2D eigenvalue weighted by Gasteiger charge is 2.29. The highest BCUT2D eigenvalue weighted by atomic mass is 32.2. The van der Waals surface area contributed by atoms with Crippen molar-refractivity contribution in [2.75, 3.05) is 0 Å². The standard InChI is InChI=1S/C18H29NO5S/c1-6-12-18(5,13-7-2)24-17(20)19-25(21,22)16-10-8-15(9-11-16)23-14(3)4/h8-11,14H,6-7,12-13H2,1-5H3,(H,19,20). The Bertz CT molecular complexity index is 647. The zero-order chi connectivity index (χ0) is 19.1. The van der Waals surface area contributed by atoms with Crippen LogP contribution in [0.4, 0.5) is 4.79 Å². The van der Waals surface area contributed by atoms with Gasteiger partial charge in [0.05, 0.1) is 11.0 Å². The van der Waals surface area contributed by atoms with E-state index in [0.717, 1.165) is 12.8 Å². The van der Waals surface area contributed by atoms with Crippen LogP contribution in [0.2, 0.25) is 0 Å². The van der Waals surface area contributed by atoms with Gasteiger partial charge in [-0.3, -0.25) is 0 Å². The summed E-state index contributed by atoms with van der Waals surface area (Å²) in [5.74, 6) is 0.565. The van der Waals surface area contributed by atoms with Crippen molar-refractivity contribution in [1.82, 2.24) is 4.72 Å². The third kappa shape index (κ3) is 6.94. The van der Waals surface area contributed by atoms with E-state index in [1.807, 2.05) is 39.3 Å². The summed E-state index contributed by atoms with van der Waals surface area (Å²) >= 11 is 0. The Morgan fingerprint density at radius 3 is 2.08 bits per heavy atom. The topological polar surface area (TPSA) is 81.7 Å². The number of hydrogen-bond acceptors (Lipinski definition) is 5. The smallest absolute Gasteiger partial charge is 0.421 e. The first-order valence-corrected chi connectivity index (χ1v) is 10.1. The zero-order valence-corrected chi connectivity index (χ0v) is 16.5. The van der Waals surface area contributed by atoms with Crippen LogP contribution in [0.5, 0.6) is 5.75 Å².